The molecule has 0 saturated carbocycles. The second-order valence-corrected chi connectivity index (χ2v) is 6.06. The third-order valence-corrected chi connectivity index (χ3v) is 3.51. The molecule has 0 heterocycles. The molecule has 1 rings (SSSR count). The van der Waals surface area contributed by atoms with Gasteiger partial charge in [-0.1, -0.05) is 25.4 Å². The predicted molar refractivity (Wildman–Crippen MR) is 94.3 cm³/mol. The van der Waals surface area contributed by atoms with Gasteiger partial charge in [0.2, 0.25) is 0 Å². The third kappa shape index (κ3) is 6.36. The van der Waals surface area contributed by atoms with Crippen LogP contribution in [0.1, 0.15) is 20.3 Å². The van der Waals surface area contributed by atoms with E-state index >= 15 is 0 Å². The molecule has 134 valence electrons. The van der Waals surface area contributed by atoms with Gasteiger partial charge in [0.15, 0.2) is 0 Å². The topological polar surface area (TPSA) is 111 Å². The Balaban J connectivity index is 2.84. The Kier molecular flexibility index (Phi) is 7.76. The summed E-state index contributed by atoms with van der Waals surface area (Å²) in [6, 6.07) is 5.55. The number of aliphatic carboxylic acids is 1. The van der Waals surface area contributed by atoms with Gasteiger partial charge in [0.1, 0.15) is 23.4 Å². The van der Waals surface area contributed by atoms with Crippen LogP contribution in [-0.4, -0.2) is 30.1 Å². The number of hydrogen-bond acceptors (Lipinski definition) is 5. The maximum atomic E-state index is 12.1. The minimum absolute atomic E-state index is 0.0791. The molecule has 0 saturated heterocycles. The molecule has 8 heteroatoms. The van der Waals surface area contributed by atoms with Crippen LogP contribution in [0.2, 0.25) is 5.02 Å². The fraction of sp³-hybridized carbons (Fsp3) is 0.353. The highest BCUT2D eigenvalue weighted by Gasteiger charge is 2.22. The van der Waals surface area contributed by atoms with Crippen LogP contribution in [0.25, 0.3) is 0 Å². The Morgan fingerprint density at radius 1 is 1.44 bits per heavy atom. The molecule has 0 aliphatic heterocycles. The van der Waals surface area contributed by atoms with E-state index in [4.69, 9.17) is 26.7 Å². The first-order valence-corrected chi connectivity index (χ1v) is 7.90. The Morgan fingerprint density at radius 2 is 2.12 bits per heavy atom. The van der Waals surface area contributed by atoms with Crippen molar-refractivity contribution in [2.24, 2.45) is 5.92 Å². The lowest BCUT2D eigenvalue weighted by atomic mass is 10.0. The van der Waals surface area contributed by atoms with Crippen LogP contribution in [-0.2, 0) is 9.59 Å². The van der Waals surface area contributed by atoms with Crippen LogP contribution in [0.3, 0.4) is 0 Å². The molecule has 0 radical (unpaired) electrons. The maximum Gasteiger partial charge on any atom is 0.326 e. The summed E-state index contributed by atoms with van der Waals surface area (Å²) in [4.78, 5) is 23.3. The summed E-state index contributed by atoms with van der Waals surface area (Å²) >= 11 is 6.00. The number of benzene rings is 1. The molecule has 0 aromatic heterocycles. The molecular weight excluding hydrogens is 346 g/mol. The van der Waals surface area contributed by atoms with Crippen molar-refractivity contribution in [3.8, 4) is 11.8 Å². The van der Waals surface area contributed by atoms with Crippen LogP contribution < -0.4 is 15.4 Å². The number of rotatable bonds is 8. The number of carbonyl (C=O) groups is 2. The zero-order valence-electron chi connectivity index (χ0n) is 14.2. The van der Waals surface area contributed by atoms with E-state index in [9.17, 15) is 9.59 Å². The van der Waals surface area contributed by atoms with Crippen LogP contribution >= 0.6 is 11.6 Å². The maximum absolute atomic E-state index is 12.1. The summed E-state index contributed by atoms with van der Waals surface area (Å²) < 4.78 is 5.04. The minimum atomic E-state index is -1.14. The van der Waals surface area contributed by atoms with Crippen LogP contribution in [0.4, 0.5) is 5.69 Å². The largest absolute Gasteiger partial charge is 0.495 e. The van der Waals surface area contributed by atoms with Gasteiger partial charge in [-0.05, 0) is 30.5 Å². The lowest BCUT2D eigenvalue weighted by Crippen LogP contribution is -2.42. The zero-order valence-corrected chi connectivity index (χ0v) is 14.9. The molecule has 25 heavy (non-hydrogen) atoms. The first kappa shape index (κ1) is 20.3. The SMILES string of the molecule is COc1ccc(N/C=C(/C#N)C(=O)NC(CC(C)C)C(=O)O)cc1Cl. The summed E-state index contributed by atoms with van der Waals surface area (Å²) in [5, 5.41) is 23.8. The van der Waals surface area contributed by atoms with Gasteiger partial charge in [0, 0.05) is 11.9 Å². The van der Waals surface area contributed by atoms with E-state index in [-0.39, 0.29) is 17.9 Å². The summed E-state index contributed by atoms with van der Waals surface area (Å²) in [5.41, 5.74) is 0.297. The van der Waals surface area contributed by atoms with Gasteiger partial charge in [-0.3, -0.25) is 4.79 Å². The average Bonchev–Trinajstić information content (AvgIpc) is 2.54. The molecule has 1 atom stereocenters. The van der Waals surface area contributed by atoms with Crippen molar-refractivity contribution in [3.05, 3.63) is 35.0 Å². The number of nitrogens with one attached hydrogen (secondary N) is 2. The number of nitriles is 1. The average molecular weight is 366 g/mol. The molecule has 0 spiro atoms. The standard InChI is InChI=1S/C17H20ClN3O4/c1-10(2)6-14(17(23)24)21-16(22)11(8-19)9-20-12-4-5-15(25-3)13(18)7-12/h4-5,7,9-10,14,20H,6H2,1-3H3,(H,21,22)(H,23,24)/b11-9-. The Morgan fingerprint density at radius 3 is 2.60 bits per heavy atom. The number of methoxy groups -OCH3 is 1. The van der Waals surface area contributed by atoms with E-state index in [0.717, 1.165) is 0 Å². The van der Waals surface area contributed by atoms with Crippen molar-refractivity contribution < 1.29 is 19.4 Å². The van der Waals surface area contributed by atoms with Crippen molar-refractivity contribution in [1.29, 1.82) is 5.26 Å². The fourth-order valence-corrected chi connectivity index (χ4v) is 2.25. The number of amides is 1. The van der Waals surface area contributed by atoms with Gasteiger partial charge >= 0.3 is 5.97 Å². The molecule has 7 nitrogen and oxygen atoms in total. The van der Waals surface area contributed by atoms with Crippen molar-refractivity contribution in [2.45, 2.75) is 26.3 Å². The highest BCUT2D eigenvalue weighted by atomic mass is 35.5. The van der Waals surface area contributed by atoms with E-state index < -0.39 is 17.9 Å². The molecule has 1 aromatic carbocycles. The van der Waals surface area contributed by atoms with E-state index in [1.165, 1.54) is 13.3 Å². The van der Waals surface area contributed by atoms with Crippen LogP contribution in [0, 0.1) is 17.2 Å². The Labute approximate surface area is 151 Å². The second kappa shape index (κ2) is 9.55. The molecule has 0 aliphatic carbocycles. The van der Waals surface area contributed by atoms with Gasteiger partial charge < -0.3 is 20.5 Å². The monoisotopic (exact) mass is 365 g/mol. The number of ether oxygens (including phenoxy) is 1. The molecule has 1 amide bonds. The number of hydrogen-bond donors (Lipinski definition) is 3. The summed E-state index contributed by atoms with van der Waals surface area (Å²) in [6.45, 7) is 3.69. The Bertz CT molecular complexity index is 710. The van der Waals surface area contributed by atoms with E-state index in [0.29, 0.717) is 16.5 Å². The molecule has 0 fully saturated rings. The quantitative estimate of drug-likeness (QED) is 0.482. The number of carboxylic acid groups (broad SMARTS) is 1. The molecule has 0 aliphatic rings. The summed E-state index contributed by atoms with van der Waals surface area (Å²) in [6.07, 6.45) is 1.46. The fourth-order valence-electron chi connectivity index (χ4n) is 1.99. The smallest absolute Gasteiger partial charge is 0.326 e. The number of carbonyl (C=O) groups excluding carboxylic acids is 1. The van der Waals surface area contributed by atoms with Gasteiger partial charge in [0.05, 0.1) is 12.1 Å². The lowest BCUT2D eigenvalue weighted by Gasteiger charge is -2.16. The number of nitrogens with zero attached hydrogens (tertiary/aromatic N) is 1. The zero-order chi connectivity index (χ0) is 19.0. The van der Waals surface area contributed by atoms with Crippen LogP contribution in [0.15, 0.2) is 30.0 Å². The highest BCUT2D eigenvalue weighted by Crippen LogP contribution is 2.27. The van der Waals surface area contributed by atoms with Gasteiger partial charge in [-0.25, -0.2) is 4.79 Å². The van der Waals surface area contributed by atoms with Crippen molar-refractivity contribution in [1.82, 2.24) is 5.32 Å². The van der Waals surface area contributed by atoms with Crippen molar-refractivity contribution in [2.75, 3.05) is 12.4 Å². The predicted octanol–water partition coefficient (Wildman–Crippen LogP) is 2.78. The number of carboxylic acids is 1. The van der Waals surface area contributed by atoms with Crippen molar-refractivity contribution >= 4 is 29.2 Å². The van der Waals surface area contributed by atoms with Gasteiger partial charge in [0.25, 0.3) is 5.91 Å². The third-order valence-electron chi connectivity index (χ3n) is 3.21. The summed E-state index contributed by atoms with van der Waals surface area (Å²) in [7, 11) is 1.49. The molecule has 3 N–H and O–H groups in total. The van der Waals surface area contributed by atoms with E-state index in [2.05, 4.69) is 10.6 Å². The van der Waals surface area contributed by atoms with E-state index in [1.807, 2.05) is 13.8 Å². The molecule has 1 aromatic rings. The number of halogens is 1. The minimum Gasteiger partial charge on any atom is -0.495 e. The lowest BCUT2D eigenvalue weighted by molar-refractivity contribution is -0.141. The first-order chi connectivity index (χ1) is 11.8. The first-order valence-electron chi connectivity index (χ1n) is 7.52. The highest BCUT2D eigenvalue weighted by molar-refractivity contribution is 6.32. The molecular formula is C17H20ClN3O4. The van der Waals surface area contributed by atoms with Crippen LogP contribution in [0.5, 0.6) is 5.75 Å². The molecule has 1 unspecified atom stereocenters. The Hall–Kier alpha value is -2.72. The van der Waals surface area contributed by atoms with Crippen molar-refractivity contribution in [3.63, 3.8) is 0 Å². The number of anilines is 1. The molecule has 0 bridgehead atoms. The normalized spacial score (nSPS) is 12.2. The summed E-state index contributed by atoms with van der Waals surface area (Å²) in [5.74, 6) is -1.33. The van der Waals surface area contributed by atoms with E-state index in [1.54, 1.807) is 24.3 Å². The van der Waals surface area contributed by atoms with Gasteiger partial charge in [-0.15, -0.1) is 0 Å². The van der Waals surface area contributed by atoms with Gasteiger partial charge in [-0.2, -0.15) is 5.26 Å². The second-order valence-electron chi connectivity index (χ2n) is 5.66.